The molecule has 0 aliphatic rings. The van der Waals surface area contributed by atoms with Gasteiger partial charge in [0.2, 0.25) is 5.82 Å². The van der Waals surface area contributed by atoms with E-state index in [-0.39, 0.29) is 11.3 Å². The molecule has 2 aromatic rings. The molecular formula is C12H8F4N2O. The van der Waals surface area contributed by atoms with Gasteiger partial charge in [-0.2, -0.15) is 13.2 Å². The number of aromatic nitrogens is 2. The topological polar surface area (TPSA) is 45.8 Å². The molecule has 0 bridgehead atoms. The fourth-order valence-electron chi connectivity index (χ4n) is 1.64. The van der Waals surface area contributed by atoms with Gasteiger partial charge in [-0.3, -0.25) is 4.79 Å². The average molecular weight is 272 g/mol. The number of alkyl halides is 3. The standard InChI is InChI=1S/C12H8F4N2O/c1-6-4-7(13)2-3-8(6)9-5-10(19)18-11(17-9)12(14,15)16/h2-5H,1H3,(H,17,18,19). The van der Waals surface area contributed by atoms with Gasteiger partial charge in [-0.05, 0) is 30.7 Å². The highest BCUT2D eigenvalue weighted by Crippen LogP contribution is 2.28. The summed E-state index contributed by atoms with van der Waals surface area (Å²) in [5.74, 6) is -1.89. The minimum absolute atomic E-state index is 0.145. The summed E-state index contributed by atoms with van der Waals surface area (Å²) < 4.78 is 50.5. The Morgan fingerprint density at radius 1 is 1.21 bits per heavy atom. The highest BCUT2D eigenvalue weighted by Gasteiger charge is 2.34. The third-order valence-electron chi connectivity index (χ3n) is 2.47. The van der Waals surface area contributed by atoms with Gasteiger partial charge in [-0.15, -0.1) is 0 Å². The van der Waals surface area contributed by atoms with E-state index in [9.17, 15) is 22.4 Å². The van der Waals surface area contributed by atoms with Gasteiger partial charge >= 0.3 is 6.18 Å². The predicted molar refractivity (Wildman–Crippen MR) is 60.0 cm³/mol. The monoisotopic (exact) mass is 272 g/mol. The van der Waals surface area contributed by atoms with Crippen LogP contribution in [0.25, 0.3) is 11.3 Å². The minimum atomic E-state index is -4.75. The van der Waals surface area contributed by atoms with Crippen LogP contribution >= 0.6 is 0 Å². The van der Waals surface area contributed by atoms with Crippen molar-refractivity contribution < 1.29 is 17.6 Å². The number of aromatic amines is 1. The van der Waals surface area contributed by atoms with Crippen LogP contribution in [-0.2, 0) is 6.18 Å². The van der Waals surface area contributed by atoms with Crippen LogP contribution in [-0.4, -0.2) is 9.97 Å². The number of rotatable bonds is 1. The molecule has 2 rings (SSSR count). The fraction of sp³-hybridized carbons (Fsp3) is 0.167. The molecule has 3 nitrogen and oxygen atoms in total. The maximum atomic E-state index is 12.9. The Balaban J connectivity index is 2.63. The van der Waals surface area contributed by atoms with E-state index < -0.39 is 23.4 Å². The number of H-pyrrole nitrogens is 1. The van der Waals surface area contributed by atoms with Crippen molar-refractivity contribution in [3.8, 4) is 11.3 Å². The number of nitrogens with zero attached hydrogens (tertiary/aromatic N) is 1. The number of halogens is 4. The Hall–Kier alpha value is -2.18. The zero-order valence-electron chi connectivity index (χ0n) is 9.68. The average Bonchev–Trinajstić information content (AvgIpc) is 2.26. The molecule has 0 aliphatic carbocycles. The summed E-state index contributed by atoms with van der Waals surface area (Å²) in [6.45, 7) is 1.52. The maximum absolute atomic E-state index is 12.9. The van der Waals surface area contributed by atoms with Crippen LogP contribution in [0.4, 0.5) is 17.6 Å². The van der Waals surface area contributed by atoms with Crippen LogP contribution in [0.15, 0.2) is 29.1 Å². The van der Waals surface area contributed by atoms with Crippen LogP contribution < -0.4 is 5.56 Å². The molecule has 0 atom stereocenters. The molecule has 1 N–H and O–H groups in total. The molecule has 0 unspecified atom stereocenters. The molecule has 0 amide bonds. The van der Waals surface area contributed by atoms with E-state index >= 15 is 0 Å². The number of hydrogen-bond donors (Lipinski definition) is 1. The van der Waals surface area contributed by atoms with E-state index in [1.165, 1.54) is 13.0 Å². The summed E-state index contributed by atoms with van der Waals surface area (Å²) in [4.78, 5) is 16.2. The second-order valence-electron chi connectivity index (χ2n) is 3.94. The molecule has 1 aromatic carbocycles. The van der Waals surface area contributed by atoms with E-state index in [1.807, 2.05) is 0 Å². The highest BCUT2D eigenvalue weighted by molar-refractivity contribution is 5.63. The third kappa shape index (κ3) is 2.81. The van der Waals surface area contributed by atoms with Crippen molar-refractivity contribution >= 4 is 0 Å². The van der Waals surface area contributed by atoms with Crippen molar-refractivity contribution in [3.05, 3.63) is 51.8 Å². The van der Waals surface area contributed by atoms with Crippen molar-refractivity contribution in [1.82, 2.24) is 9.97 Å². The first-order chi connectivity index (χ1) is 8.77. The SMILES string of the molecule is Cc1cc(F)ccc1-c1cc(=O)[nH]c(C(F)(F)F)n1. The first kappa shape index (κ1) is 13.3. The molecular weight excluding hydrogens is 264 g/mol. The second-order valence-corrected chi connectivity index (χ2v) is 3.94. The number of hydrogen-bond acceptors (Lipinski definition) is 2. The molecule has 1 aromatic heterocycles. The normalized spacial score (nSPS) is 11.6. The van der Waals surface area contributed by atoms with Gasteiger partial charge in [-0.25, -0.2) is 9.37 Å². The zero-order valence-corrected chi connectivity index (χ0v) is 9.68. The molecule has 0 fully saturated rings. The van der Waals surface area contributed by atoms with Gasteiger partial charge in [-0.1, -0.05) is 0 Å². The van der Waals surface area contributed by atoms with Crippen molar-refractivity contribution in [1.29, 1.82) is 0 Å². The van der Waals surface area contributed by atoms with Gasteiger partial charge in [0, 0.05) is 11.6 Å². The zero-order chi connectivity index (χ0) is 14.2. The van der Waals surface area contributed by atoms with E-state index in [1.54, 1.807) is 4.98 Å². The molecule has 1 heterocycles. The lowest BCUT2D eigenvalue weighted by Crippen LogP contribution is -2.19. The van der Waals surface area contributed by atoms with Crippen LogP contribution in [0.1, 0.15) is 11.4 Å². The summed E-state index contributed by atoms with van der Waals surface area (Å²) >= 11 is 0. The van der Waals surface area contributed by atoms with Crippen molar-refractivity contribution in [2.45, 2.75) is 13.1 Å². The van der Waals surface area contributed by atoms with E-state index in [0.29, 0.717) is 5.56 Å². The largest absolute Gasteiger partial charge is 0.449 e. The summed E-state index contributed by atoms with van der Waals surface area (Å²) in [7, 11) is 0. The number of nitrogens with one attached hydrogen (secondary N) is 1. The van der Waals surface area contributed by atoms with Crippen LogP contribution in [0, 0.1) is 12.7 Å². The van der Waals surface area contributed by atoms with Gasteiger partial charge < -0.3 is 4.98 Å². The fourth-order valence-corrected chi connectivity index (χ4v) is 1.64. The van der Waals surface area contributed by atoms with Gasteiger partial charge in [0.1, 0.15) is 5.82 Å². The molecule has 0 aliphatic heterocycles. The minimum Gasteiger partial charge on any atom is -0.303 e. The van der Waals surface area contributed by atoms with Crippen LogP contribution in [0.2, 0.25) is 0 Å². The molecule has 19 heavy (non-hydrogen) atoms. The van der Waals surface area contributed by atoms with Crippen LogP contribution in [0.3, 0.4) is 0 Å². The Bertz CT molecular complexity index is 676. The van der Waals surface area contributed by atoms with E-state index in [4.69, 9.17) is 0 Å². The molecule has 0 spiro atoms. The van der Waals surface area contributed by atoms with E-state index in [2.05, 4.69) is 4.98 Å². The summed E-state index contributed by atoms with van der Waals surface area (Å²) in [6, 6.07) is 4.48. The highest BCUT2D eigenvalue weighted by atomic mass is 19.4. The summed E-state index contributed by atoms with van der Waals surface area (Å²) in [6.07, 6.45) is -4.75. The molecule has 0 saturated carbocycles. The van der Waals surface area contributed by atoms with Crippen molar-refractivity contribution in [3.63, 3.8) is 0 Å². The van der Waals surface area contributed by atoms with Gasteiger partial charge in [0.15, 0.2) is 0 Å². The predicted octanol–water partition coefficient (Wildman–Crippen LogP) is 2.90. The smallest absolute Gasteiger partial charge is 0.303 e. The Labute approximate surface area is 104 Å². The maximum Gasteiger partial charge on any atom is 0.449 e. The lowest BCUT2D eigenvalue weighted by atomic mass is 10.1. The second kappa shape index (κ2) is 4.49. The lowest BCUT2D eigenvalue weighted by molar-refractivity contribution is -0.145. The van der Waals surface area contributed by atoms with Gasteiger partial charge in [0.25, 0.3) is 5.56 Å². The van der Waals surface area contributed by atoms with Crippen molar-refractivity contribution in [2.75, 3.05) is 0 Å². The summed E-state index contributed by atoms with van der Waals surface area (Å²) in [5, 5.41) is 0. The molecule has 0 radical (unpaired) electrons. The molecule has 100 valence electrons. The van der Waals surface area contributed by atoms with Crippen molar-refractivity contribution in [2.24, 2.45) is 0 Å². The number of benzene rings is 1. The first-order valence-corrected chi connectivity index (χ1v) is 5.22. The third-order valence-corrected chi connectivity index (χ3v) is 2.47. The lowest BCUT2D eigenvalue weighted by Gasteiger charge is -2.09. The summed E-state index contributed by atoms with van der Waals surface area (Å²) in [5.41, 5.74) is -0.390. The molecule has 0 saturated heterocycles. The van der Waals surface area contributed by atoms with Crippen LogP contribution in [0.5, 0.6) is 0 Å². The van der Waals surface area contributed by atoms with E-state index in [0.717, 1.165) is 18.2 Å². The Kier molecular flexibility index (Phi) is 3.13. The first-order valence-electron chi connectivity index (χ1n) is 5.22. The Morgan fingerprint density at radius 3 is 2.47 bits per heavy atom. The molecule has 7 heteroatoms. The Morgan fingerprint density at radius 2 is 1.89 bits per heavy atom. The van der Waals surface area contributed by atoms with Gasteiger partial charge in [0.05, 0.1) is 5.69 Å². The quantitative estimate of drug-likeness (QED) is 0.811. The number of aryl methyl sites for hydroxylation is 1.